The summed E-state index contributed by atoms with van der Waals surface area (Å²) < 4.78 is 25.5. The number of rotatable bonds is 4. The molecular weight excluding hydrogens is 348 g/mol. The number of carbonyl (C=O) groups excluding carboxylic acids is 1. The summed E-state index contributed by atoms with van der Waals surface area (Å²) in [5, 5.41) is 3.20. The molecule has 2 aromatic carbocycles. The molecule has 1 heterocycles. The molecule has 4 rings (SSSR count). The van der Waals surface area contributed by atoms with Crippen LogP contribution in [0.2, 0.25) is 0 Å². The number of benzene rings is 2. The van der Waals surface area contributed by atoms with Crippen molar-refractivity contribution in [3.63, 3.8) is 0 Å². The molecule has 0 spiro atoms. The Morgan fingerprint density at radius 2 is 1.65 bits per heavy atom. The number of hydrogen-bond acceptors (Lipinski definition) is 3. The van der Waals surface area contributed by atoms with Gasteiger partial charge in [-0.2, -0.15) is 0 Å². The van der Waals surface area contributed by atoms with Crippen LogP contribution in [0.15, 0.2) is 54.6 Å². The molecule has 0 atom stereocenters. The Morgan fingerprint density at radius 3 is 2.19 bits per heavy atom. The molecule has 1 saturated carbocycles. The number of anilines is 1. The molecule has 2 aromatic rings. The fraction of sp³-hybridized carbons (Fsp3) is 0.350. The average molecular weight is 370 g/mol. The average Bonchev–Trinajstić information content (AvgIpc) is 2.98. The Balaban J connectivity index is 1.52. The van der Waals surface area contributed by atoms with Crippen LogP contribution in [0, 0.1) is 0 Å². The zero-order chi connectivity index (χ0) is 18.2. The first-order valence-electron chi connectivity index (χ1n) is 8.99. The van der Waals surface area contributed by atoms with Crippen LogP contribution < -0.4 is 9.62 Å². The fourth-order valence-corrected chi connectivity index (χ4v) is 5.34. The van der Waals surface area contributed by atoms with E-state index >= 15 is 0 Å². The maximum atomic E-state index is 12.7. The van der Waals surface area contributed by atoms with Gasteiger partial charge >= 0.3 is 0 Å². The van der Waals surface area contributed by atoms with Crippen molar-refractivity contribution in [2.45, 2.75) is 31.2 Å². The summed E-state index contributed by atoms with van der Waals surface area (Å²) in [5.74, 6) is 0.0684. The molecule has 136 valence electrons. The van der Waals surface area contributed by atoms with Gasteiger partial charge in [-0.25, -0.2) is 8.42 Å². The van der Waals surface area contributed by atoms with Crippen LogP contribution in [0.1, 0.15) is 41.6 Å². The first-order chi connectivity index (χ1) is 12.5. The van der Waals surface area contributed by atoms with Gasteiger partial charge < -0.3 is 5.32 Å². The number of hydrogen-bond donors (Lipinski definition) is 1. The molecule has 1 N–H and O–H groups in total. The second-order valence-electron chi connectivity index (χ2n) is 7.04. The summed E-state index contributed by atoms with van der Waals surface area (Å²) in [7, 11) is -3.20. The zero-order valence-corrected chi connectivity index (χ0v) is 15.3. The third-order valence-electron chi connectivity index (χ3n) is 5.40. The number of nitrogens with one attached hydrogen (secondary N) is 1. The lowest BCUT2D eigenvalue weighted by Gasteiger charge is -2.43. The molecule has 26 heavy (non-hydrogen) atoms. The smallest absolute Gasteiger partial charge is 0.251 e. The third-order valence-corrected chi connectivity index (χ3v) is 7.27. The predicted molar refractivity (Wildman–Crippen MR) is 102 cm³/mol. The topological polar surface area (TPSA) is 66.5 Å². The zero-order valence-electron chi connectivity index (χ0n) is 14.5. The van der Waals surface area contributed by atoms with E-state index in [0.717, 1.165) is 24.8 Å². The van der Waals surface area contributed by atoms with E-state index in [1.165, 1.54) is 4.31 Å². The van der Waals surface area contributed by atoms with E-state index in [-0.39, 0.29) is 17.2 Å². The van der Waals surface area contributed by atoms with Crippen molar-refractivity contribution in [3.8, 4) is 0 Å². The minimum absolute atomic E-state index is 0.121. The number of sulfonamides is 1. The van der Waals surface area contributed by atoms with E-state index in [1.54, 1.807) is 24.3 Å². The van der Waals surface area contributed by atoms with Gasteiger partial charge in [0.25, 0.3) is 5.91 Å². The van der Waals surface area contributed by atoms with E-state index in [4.69, 9.17) is 0 Å². The van der Waals surface area contributed by atoms with E-state index in [0.29, 0.717) is 24.2 Å². The largest absolute Gasteiger partial charge is 0.343 e. The molecule has 1 aliphatic heterocycles. The van der Waals surface area contributed by atoms with Crippen molar-refractivity contribution in [1.82, 2.24) is 5.32 Å². The molecule has 6 heteroatoms. The summed E-state index contributed by atoms with van der Waals surface area (Å²) in [4.78, 5) is 12.7. The summed E-state index contributed by atoms with van der Waals surface area (Å²) in [6, 6.07) is 16.9. The monoisotopic (exact) mass is 370 g/mol. The van der Waals surface area contributed by atoms with Crippen LogP contribution in [-0.2, 0) is 15.6 Å². The maximum Gasteiger partial charge on any atom is 0.251 e. The molecule has 1 aliphatic carbocycles. The molecule has 2 aliphatic rings. The van der Waals surface area contributed by atoms with Gasteiger partial charge in [0.05, 0.1) is 17.0 Å². The summed E-state index contributed by atoms with van der Waals surface area (Å²) >= 11 is 0. The third kappa shape index (κ3) is 2.98. The van der Waals surface area contributed by atoms with Gasteiger partial charge in [-0.05, 0) is 55.5 Å². The molecule has 0 aromatic heterocycles. The van der Waals surface area contributed by atoms with Crippen LogP contribution in [0.25, 0.3) is 0 Å². The molecule has 1 saturated heterocycles. The molecular formula is C20H22N2O3S. The van der Waals surface area contributed by atoms with Gasteiger partial charge in [-0.1, -0.05) is 30.3 Å². The summed E-state index contributed by atoms with van der Waals surface area (Å²) in [5.41, 5.74) is 2.03. The van der Waals surface area contributed by atoms with Gasteiger partial charge in [-0.15, -0.1) is 0 Å². The SMILES string of the molecule is O=C(NC1(c2ccccc2)CCC1)c1ccc(N2CCCS2(=O)=O)cc1. The lowest BCUT2D eigenvalue weighted by atomic mass is 9.71. The van der Waals surface area contributed by atoms with E-state index in [9.17, 15) is 13.2 Å². The van der Waals surface area contributed by atoms with Gasteiger partial charge in [-0.3, -0.25) is 9.10 Å². The Hall–Kier alpha value is -2.34. The summed E-state index contributed by atoms with van der Waals surface area (Å²) in [6.45, 7) is 0.505. The van der Waals surface area contributed by atoms with Crippen LogP contribution >= 0.6 is 0 Å². The van der Waals surface area contributed by atoms with Gasteiger partial charge in [0.1, 0.15) is 0 Å². The molecule has 0 unspecified atom stereocenters. The van der Waals surface area contributed by atoms with Gasteiger partial charge in [0, 0.05) is 12.1 Å². The minimum Gasteiger partial charge on any atom is -0.343 e. The molecule has 0 radical (unpaired) electrons. The highest BCUT2D eigenvalue weighted by atomic mass is 32.2. The number of amides is 1. The van der Waals surface area contributed by atoms with Crippen molar-refractivity contribution in [2.24, 2.45) is 0 Å². The lowest BCUT2D eigenvalue weighted by Crippen LogP contribution is -2.50. The Bertz CT molecular complexity index is 904. The van der Waals surface area contributed by atoms with Crippen molar-refractivity contribution in [1.29, 1.82) is 0 Å². The van der Waals surface area contributed by atoms with E-state index in [2.05, 4.69) is 17.4 Å². The highest BCUT2D eigenvalue weighted by molar-refractivity contribution is 7.93. The maximum absolute atomic E-state index is 12.7. The summed E-state index contributed by atoms with van der Waals surface area (Å²) in [6.07, 6.45) is 3.62. The highest BCUT2D eigenvalue weighted by Crippen LogP contribution is 2.41. The second kappa shape index (κ2) is 6.43. The molecule has 2 fully saturated rings. The second-order valence-corrected chi connectivity index (χ2v) is 9.06. The van der Waals surface area contributed by atoms with E-state index in [1.807, 2.05) is 18.2 Å². The van der Waals surface area contributed by atoms with E-state index < -0.39 is 10.0 Å². The highest BCUT2D eigenvalue weighted by Gasteiger charge is 2.40. The van der Waals surface area contributed by atoms with Crippen molar-refractivity contribution in [3.05, 3.63) is 65.7 Å². The predicted octanol–water partition coefficient (Wildman–Crippen LogP) is 3.04. The Morgan fingerprint density at radius 1 is 0.962 bits per heavy atom. The standard InChI is InChI=1S/C20H22N2O3S/c23-19(21-20(12-4-13-20)17-6-2-1-3-7-17)16-8-10-18(11-9-16)22-14-5-15-26(22,24)25/h1-3,6-11H,4-5,12-15H2,(H,21,23). The fourth-order valence-electron chi connectivity index (χ4n) is 3.77. The van der Waals surface area contributed by atoms with Crippen molar-refractivity contribution >= 4 is 21.6 Å². The lowest BCUT2D eigenvalue weighted by molar-refractivity contribution is 0.0823. The first-order valence-corrected chi connectivity index (χ1v) is 10.6. The Labute approximate surface area is 154 Å². The van der Waals surface area contributed by atoms with Gasteiger partial charge in [0.15, 0.2) is 0 Å². The van der Waals surface area contributed by atoms with Gasteiger partial charge in [0.2, 0.25) is 10.0 Å². The Kier molecular flexibility index (Phi) is 4.23. The van der Waals surface area contributed by atoms with Crippen LogP contribution in [0.5, 0.6) is 0 Å². The normalized spacial score (nSPS) is 20.4. The van der Waals surface area contributed by atoms with Crippen molar-refractivity contribution in [2.75, 3.05) is 16.6 Å². The molecule has 5 nitrogen and oxygen atoms in total. The number of nitrogens with zero attached hydrogens (tertiary/aromatic N) is 1. The number of carbonyl (C=O) groups is 1. The van der Waals surface area contributed by atoms with Crippen LogP contribution in [0.3, 0.4) is 0 Å². The van der Waals surface area contributed by atoms with Crippen LogP contribution in [0.4, 0.5) is 5.69 Å². The van der Waals surface area contributed by atoms with Crippen LogP contribution in [-0.4, -0.2) is 26.6 Å². The quantitative estimate of drug-likeness (QED) is 0.900. The first kappa shape index (κ1) is 17.1. The minimum atomic E-state index is -3.20. The van der Waals surface area contributed by atoms with Crippen molar-refractivity contribution < 1.29 is 13.2 Å². The molecule has 0 bridgehead atoms. The molecule has 1 amide bonds.